The minimum atomic E-state index is -4.42. The summed E-state index contributed by atoms with van der Waals surface area (Å²) in [5, 5.41) is 2.04. The molecule has 1 saturated carbocycles. The molecule has 1 aromatic carbocycles. The molecule has 1 amide bonds. The number of benzene rings is 1. The maximum atomic E-state index is 12.7. The predicted molar refractivity (Wildman–Crippen MR) is 67.8 cm³/mol. The van der Waals surface area contributed by atoms with Crippen molar-refractivity contribution >= 4 is 23.1 Å². The summed E-state index contributed by atoms with van der Waals surface area (Å²) < 4.78 is 38.1. The number of amides is 1. The lowest BCUT2D eigenvalue weighted by molar-refractivity contribution is -0.163. The molecule has 0 radical (unpaired) electrons. The molecule has 0 unspecified atom stereocenters. The maximum absolute atomic E-state index is 12.7. The summed E-state index contributed by atoms with van der Waals surface area (Å²) in [5.41, 5.74) is 4.05. The second-order valence-electron chi connectivity index (χ2n) is 4.48. The van der Waals surface area contributed by atoms with E-state index in [1.165, 1.54) is 24.3 Å². The summed E-state index contributed by atoms with van der Waals surface area (Å²) in [7, 11) is 0. The number of carbonyl (C=O) groups excluding carboxylic acids is 1. The molecule has 1 aromatic rings. The second kappa shape index (κ2) is 4.48. The van der Waals surface area contributed by atoms with Gasteiger partial charge in [-0.1, -0.05) is 24.4 Å². The molecule has 3 N–H and O–H groups in total. The smallest absolute Gasteiger partial charge is 0.389 e. The Morgan fingerprint density at radius 3 is 2.05 bits per heavy atom. The van der Waals surface area contributed by atoms with E-state index < -0.39 is 17.6 Å². The second-order valence-corrected chi connectivity index (χ2v) is 4.92. The van der Waals surface area contributed by atoms with E-state index in [-0.39, 0.29) is 23.4 Å². The van der Waals surface area contributed by atoms with Crippen LogP contribution in [0.5, 0.6) is 0 Å². The molecule has 1 fully saturated rings. The first-order valence-electron chi connectivity index (χ1n) is 5.54. The normalized spacial score (nSPS) is 16.8. The molecular weight excluding hydrogens is 277 g/mol. The van der Waals surface area contributed by atoms with Gasteiger partial charge in [-0.15, -0.1) is 0 Å². The van der Waals surface area contributed by atoms with Gasteiger partial charge in [-0.25, -0.2) is 0 Å². The molecule has 3 nitrogen and oxygen atoms in total. The van der Waals surface area contributed by atoms with Gasteiger partial charge in [0.05, 0.1) is 0 Å². The van der Waals surface area contributed by atoms with E-state index in [9.17, 15) is 18.0 Å². The van der Waals surface area contributed by atoms with Gasteiger partial charge in [-0.2, -0.15) is 13.2 Å². The zero-order valence-corrected chi connectivity index (χ0v) is 10.6. The van der Waals surface area contributed by atoms with Crippen LogP contribution < -0.4 is 11.1 Å². The average molecular weight is 288 g/mol. The van der Waals surface area contributed by atoms with E-state index in [0.29, 0.717) is 5.56 Å². The molecule has 0 heterocycles. The van der Waals surface area contributed by atoms with Gasteiger partial charge in [0.2, 0.25) is 0 Å². The summed E-state index contributed by atoms with van der Waals surface area (Å²) in [6.45, 7) is 0. The van der Waals surface area contributed by atoms with Crippen LogP contribution in [0.1, 0.15) is 28.8 Å². The van der Waals surface area contributed by atoms with Crippen molar-refractivity contribution in [1.29, 1.82) is 0 Å². The number of halogens is 3. The molecule has 0 atom stereocenters. The van der Waals surface area contributed by atoms with E-state index in [1.807, 2.05) is 5.32 Å². The first-order valence-corrected chi connectivity index (χ1v) is 5.95. The Morgan fingerprint density at radius 2 is 1.68 bits per heavy atom. The third-order valence-electron chi connectivity index (χ3n) is 3.08. The minimum Gasteiger partial charge on any atom is -0.389 e. The van der Waals surface area contributed by atoms with Gasteiger partial charge in [0, 0.05) is 11.1 Å². The average Bonchev–Trinajstić information content (AvgIpc) is 3.09. The third kappa shape index (κ3) is 2.70. The van der Waals surface area contributed by atoms with Crippen molar-refractivity contribution in [2.24, 2.45) is 5.73 Å². The van der Waals surface area contributed by atoms with Gasteiger partial charge < -0.3 is 11.1 Å². The number of rotatable bonds is 3. The van der Waals surface area contributed by atoms with Crippen LogP contribution in [-0.4, -0.2) is 22.6 Å². The lowest BCUT2D eigenvalue weighted by Gasteiger charge is -2.20. The van der Waals surface area contributed by atoms with Crippen molar-refractivity contribution in [1.82, 2.24) is 5.32 Å². The quantitative estimate of drug-likeness (QED) is 0.838. The van der Waals surface area contributed by atoms with Gasteiger partial charge in [-0.3, -0.25) is 4.79 Å². The van der Waals surface area contributed by atoms with Crippen molar-refractivity contribution in [2.75, 3.05) is 0 Å². The standard InChI is InChI=1S/C12H11F3N2OS/c13-12(14,15)11(5-6-11)17-10(18)8-3-1-7(2-4-8)9(16)19/h1-4H,5-6H2,(H2,16,19)(H,17,18). The molecule has 0 spiro atoms. The Hall–Kier alpha value is -1.63. The van der Waals surface area contributed by atoms with E-state index in [1.54, 1.807) is 0 Å². The number of nitrogens with one attached hydrogen (secondary N) is 1. The van der Waals surface area contributed by atoms with Crippen molar-refractivity contribution in [2.45, 2.75) is 24.6 Å². The fourth-order valence-corrected chi connectivity index (χ4v) is 1.82. The molecule has 0 saturated heterocycles. The minimum absolute atomic E-state index is 0.0762. The number of hydrogen-bond acceptors (Lipinski definition) is 2. The monoisotopic (exact) mass is 288 g/mol. The van der Waals surface area contributed by atoms with Crippen molar-refractivity contribution in [3.05, 3.63) is 35.4 Å². The Morgan fingerprint density at radius 1 is 1.21 bits per heavy atom. The van der Waals surface area contributed by atoms with Crippen molar-refractivity contribution in [3.63, 3.8) is 0 Å². The van der Waals surface area contributed by atoms with Gasteiger partial charge in [-0.05, 0) is 25.0 Å². The molecule has 0 bridgehead atoms. The lowest BCUT2D eigenvalue weighted by Crippen LogP contribution is -2.47. The summed E-state index contributed by atoms with van der Waals surface area (Å²) in [6, 6.07) is 5.81. The Bertz CT molecular complexity index is 521. The van der Waals surface area contributed by atoms with Gasteiger partial charge >= 0.3 is 6.18 Å². The number of nitrogens with two attached hydrogens (primary N) is 1. The lowest BCUT2D eigenvalue weighted by atomic mass is 10.1. The Kier molecular flexibility index (Phi) is 3.25. The molecule has 2 rings (SSSR count). The number of carbonyl (C=O) groups is 1. The fourth-order valence-electron chi connectivity index (χ4n) is 1.68. The third-order valence-corrected chi connectivity index (χ3v) is 3.31. The SMILES string of the molecule is NC(=S)c1ccc(C(=O)NC2(C(F)(F)F)CC2)cc1. The summed E-state index contributed by atoms with van der Waals surface area (Å²) >= 11 is 4.75. The number of alkyl halides is 3. The molecule has 1 aliphatic rings. The van der Waals surface area contributed by atoms with Crippen LogP contribution in [0.4, 0.5) is 13.2 Å². The first kappa shape index (κ1) is 13.8. The van der Waals surface area contributed by atoms with Crippen LogP contribution in [0, 0.1) is 0 Å². The Labute approximate surface area is 113 Å². The van der Waals surface area contributed by atoms with Gasteiger partial charge in [0.15, 0.2) is 0 Å². The molecule has 19 heavy (non-hydrogen) atoms. The molecule has 0 aromatic heterocycles. The van der Waals surface area contributed by atoms with E-state index >= 15 is 0 Å². The summed E-state index contributed by atoms with van der Waals surface area (Å²) in [4.78, 5) is 11.9. The van der Waals surface area contributed by atoms with E-state index in [2.05, 4.69) is 0 Å². The number of hydrogen-bond donors (Lipinski definition) is 2. The molecule has 102 valence electrons. The van der Waals surface area contributed by atoms with Crippen LogP contribution >= 0.6 is 12.2 Å². The molecule has 7 heteroatoms. The molecule has 1 aliphatic carbocycles. The summed E-state index contributed by atoms with van der Waals surface area (Å²) in [6.07, 6.45) is -4.57. The fraction of sp³-hybridized carbons (Fsp3) is 0.333. The predicted octanol–water partition coefficient (Wildman–Crippen LogP) is 2.15. The summed E-state index contributed by atoms with van der Waals surface area (Å²) in [5.74, 6) is -0.746. The van der Waals surface area contributed by atoms with E-state index in [0.717, 1.165) is 0 Å². The molecule has 0 aliphatic heterocycles. The van der Waals surface area contributed by atoms with Gasteiger partial charge in [0.25, 0.3) is 5.91 Å². The topological polar surface area (TPSA) is 55.1 Å². The molecular formula is C12H11F3N2OS. The van der Waals surface area contributed by atoms with Crippen LogP contribution in [0.3, 0.4) is 0 Å². The highest BCUT2D eigenvalue weighted by molar-refractivity contribution is 7.80. The zero-order valence-electron chi connectivity index (χ0n) is 9.75. The van der Waals surface area contributed by atoms with Gasteiger partial charge in [0.1, 0.15) is 10.5 Å². The zero-order chi connectivity index (χ0) is 14.3. The highest BCUT2D eigenvalue weighted by atomic mass is 32.1. The van der Waals surface area contributed by atoms with Crippen LogP contribution in [-0.2, 0) is 0 Å². The largest absolute Gasteiger partial charge is 0.411 e. The van der Waals surface area contributed by atoms with Crippen molar-refractivity contribution in [3.8, 4) is 0 Å². The highest BCUT2D eigenvalue weighted by Gasteiger charge is 2.64. The number of thiocarbonyl (C=S) groups is 1. The van der Waals surface area contributed by atoms with Crippen LogP contribution in [0.25, 0.3) is 0 Å². The van der Waals surface area contributed by atoms with Crippen LogP contribution in [0.2, 0.25) is 0 Å². The van der Waals surface area contributed by atoms with E-state index in [4.69, 9.17) is 18.0 Å². The van der Waals surface area contributed by atoms with Crippen molar-refractivity contribution < 1.29 is 18.0 Å². The van der Waals surface area contributed by atoms with Crippen LogP contribution in [0.15, 0.2) is 24.3 Å². The highest BCUT2D eigenvalue weighted by Crippen LogP contribution is 2.49. The maximum Gasteiger partial charge on any atom is 0.411 e. The first-order chi connectivity index (χ1) is 8.75. The Balaban J connectivity index is 2.11.